The number of aliphatic imine (C=N–C) groups is 1. The second-order valence-corrected chi connectivity index (χ2v) is 9.06. The molecule has 0 aliphatic carbocycles. The molecule has 2 aliphatic heterocycles. The molecule has 1 saturated heterocycles. The highest BCUT2D eigenvalue weighted by molar-refractivity contribution is 8.13. The van der Waals surface area contributed by atoms with Gasteiger partial charge in [-0.15, -0.1) is 0 Å². The van der Waals surface area contributed by atoms with Crippen LogP contribution in [0.5, 0.6) is 0 Å². The van der Waals surface area contributed by atoms with Crippen molar-refractivity contribution in [2.75, 3.05) is 25.6 Å². The van der Waals surface area contributed by atoms with Crippen LogP contribution in [0, 0.1) is 17.7 Å². The number of hydrogen-bond acceptors (Lipinski definition) is 6. The van der Waals surface area contributed by atoms with Gasteiger partial charge in [0.2, 0.25) is 5.95 Å². The maximum atomic E-state index is 15.1. The minimum absolute atomic E-state index is 0.0295. The molecule has 3 atom stereocenters. The molecule has 2 N–H and O–H groups in total. The van der Waals surface area contributed by atoms with E-state index in [0.29, 0.717) is 41.5 Å². The van der Waals surface area contributed by atoms with Crippen molar-refractivity contribution in [1.82, 2.24) is 4.98 Å². The van der Waals surface area contributed by atoms with Crippen LogP contribution in [0.25, 0.3) is 11.1 Å². The molecular weight excluding hydrogens is 420 g/mol. The van der Waals surface area contributed by atoms with Gasteiger partial charge in [0.25, 0.3) is 0 Å². The molecule has 0 spiro atoms. The van der Waals surface area contributed by atoms with Crippen LogP contribution in [0.15, 0.2) is 41.5 Å². The average molecular weight is 448 g/mol. The molecular formula is C23H27F2N3O2S. The third kappa shape index (κ3) is 4.61. The number of rotatable bonds is 7. The van der Waals surface area contributed by atoms with Gasteiger partial charge < -0.3 is 15.2 Å². The van der Waals surface area contributed by atoms with Crippen LogP contribution >= 0.6 is 11.8 Å². The zero-order valence-electron chi connectivity index (χ0n) is 17.5. The smallest absolute Gasteiger partial charge is 0.220 e. The normalized spacial score (nSPS) is 25.7. The minimum Gasteiger partial charge on any atom is -0.379 e. The Labute approximate surface area is 185 Å². The first-order valence-electron chi connectivity index (χ1n) is 10.6. The first kappa shape index (κ1) is 22.2. The minimum atomic E-state index is -0.936. The molecule has 4 rings (SSSR count). The second-order valence-electron chi connectivity index (χ2n) is 8.02. The van der Waals surface area contributed by atoms with Gasteiger partial charge in [-0.2, -0.15) is 4.39 Å². The molecule has 0 amide bonds. The van der Waals surface area contributed by atoms with E-state index in [1.165, 1.54) is 24.0 Å². The van der Waals surface area contributed by atoms with E-state index in [0.717, 1.165) is 18.6 Å². The number of nitrogens with two attached hydrogens (primary N) is 1. The maximum Gasteiger partial charge on any atom is 0.220 e. The van der Waals surface area contributed by atoms with Crippen molar-refractivity contribution >= 4 is 16.9 Å². The summed E-state index contributed by atoms with van der Waals surface area (Å²) < 4.78 is 41.3. The molecule has 1 aromatic carbocycles. The Kier molecular flexibility index (Phi) is 6.89. The fourth-order valence-corrected chi connectivity index (χ4v) is 5.26. The summed E-state index contributed by atoms with van der Waals surface area (Å²) in [5.41, 5.74) is 6.39. The molecule has 31 heavy (non-hydrogen) atoms. The van der Waals surface area contributed by atoms with Crippen LogP contribution < -0.4 is 5.73 Å². The van der Waals surface area contributed by atoms with Crippen molar-refractivity contribution in [3.05, 3.63) is 53.9 Å². The maximum absolute atomic E-state index is 15.1. The predicted molar refractivity (Wildman–Crippen MR) is 119 cm³/mol. The largest absolute Gasteiger partial charge is 0.379 e. The van der Waals surface area contributed by atoms with E-state index in [1.54, 1.807) is 24.3 Å². The molecule has 2 aromatic rings. The Hall–Kier alpha value is -2.03. The summed E-state index contributed by atoms with van der Waals surface area (Å²) in [5.74, 6) is -0.250. The average Bonchev–Trinajstić information content (AvgIpc) is 2.77. The third-order valence-corrected chi connectivity index (χ3v) is 6.91. The Morgan fingerprint density at radius 2 is 2.19 bits per heavy atom. The van der Waals surface area contributed by atoms with E-state index in [2.05, 4.69) is 11.9 Å². The number of hydrogen-bond donors (Lipinski definition) is 1. The molecule has 5 nitrogen and oxygen atoms in total. The van der Waals surface area contributed by atoms with Gasteiger partial charge in [0.15, 0.2) is 5.17 Å². The molecule has 3 heterocycles. The van der Waals surface area contributed by atoms with Gasteiger partial charge in [0.1, 0.15) is 11.4 Å². The number of aromatic nitrogens is 1. The Balaban J connectivity index is 1.66. The zero-order valence-corrected chi connectivity index (χ0v) is 18.3. The summed E-state index contributed by atoms with van der Waals surface area (Å²) >= 11 is 1.48. The number of pyridine rings is 1. The van der Waals surface area contributed by atoms with E-state index in [9.17, 15) is 4.39 Å². The molecule has 0 radical (unpaired) electrons. The zero-order chi connectivity index (χ0) is 21.8. The van der Waals surface area contributed by atoms with Gasteiger partial charge in [0, 0.05) is 35.6 Å². The van der Waals surface area contributed by atoms with Gasteiger partial charge in [-0.1, -0.05) is 31.2 Å². The highest BCUT2D eigenvalue weighted by Crippen LogP contribution is 2.47. The summed E-state index contributed by atoms with van der Waals surface area (Å²) in [6.07, 6.45) is 4.11. The molecule has 1 aromatic heterocycles. The van der Waals surface area contributed by atoms with Gasteiger partial charge in [0.05, 0.1) is 19.3 Å². The summed E-state index contributed by atoms with van der Waals surface area (Å²) in [5, 5.41) is 0.412. The third-order valence-electron chi connectivity index (χ3n) is 5.95. The van der Waals surface area contributed by atoms with Crippen LogP contribution in [0.2, 0.25) is 0 Å². The van der Waals surface area contributed by atoms with Gasteiger partial charge >= 0.3 is 0 Å². The van der Waals surface area contributed by atoms with Crippen molar-refractivity contribution in [3.8, 4) is 11.1 Å². The van der Waals surface area contributed by atoms with Crippen LogP contribution in [0.4, 0.5) is 8.78 Å². The van der Waals surface area contributed by atoms with Crippen LogP contribution in [0.3, 0.4) is 0 Å². The standard InChI is InChI=1S/C23H27F2N3O2S/c1-2-3-9-29-12-17-11-16-13-31-22(26)28-23(16,14-30-17)19-10-15(6-7-20(19)24)18-5-4-8-27-21(18)25/h4-8,10,16-17H,2-3,9,11-14H2,1H3,(H2,26,28)/t16?,17-,23?/m1/s1. The molecule has 2 unspecified atom stereocenters. The van der Waals surface area contributed by atoms with Crippen LogP contribution in [0.1, 0.15) is 31.7 Å². The van der Waals surface area contributed by atoms with E-state index >= 15 is 4.39 Å². The Bertz CT molecular complexity index is 958. The number of benzene rings is 1. The lowest BCUT2D eigenvalue weighted by molar-refractivity contribution is -0.0903. The molecule has 1 fully saturated rings. The number of unbranched alkanes of at least 4 members (excludes halogenated alkanes) is 1. The number of ether oxygens (including phenoxy) is 2. The first-order chi connectivity index (χ1) is 15.0. The van der Waals surface area contributed by atoms with Crippen molar-refractivity contribution in [2.24, 2.45) is 16.6 Å². The van der Waals surface area contributed by atoms with Crippen molar-refractivity contribution < 1.29 is 18.3 Å². The highest BCUT2D eigenvalue weighted by atomic mass is 32.2. The summed E-state index contributed by atoms with van der Waals surface area (Å²) in [4.78, 5) is 8.42. The van der Waals surface area contributed by atoms with Crippen LogP contribution in [-0.2, 0) is 15.0 Å². The van der Waals surface area contributed by atoms with E-state index in [1.807, 2.05) is 0 Å². The Morgan fingerprint density at radius 3 is 3.00 bits per heavy atom. The molecule has 0 bridgehead atoms. The second kappa shape index (κ2) is 9.63. The summed E-state index contributed by atoms with van der Waals surface area (Å²) in [6, 6.07) is 7.86. The first-order valence-corrected chi connectivity index (χ1v) is 11.6. The van der Waals surface area contributed by atoms with E-state index in [4.69, 9.17) is 20.2 Å². The lowest BCUT2D eigenvalue weighted by Gasteiger charge is -2.46. The topological polar surface area (TPSA) is 69.7 Å². The number of halogens is 2. The summed E-state index contributed by atoms with van der Waals surface area (Å²) in [6.45, 7) is 3.55. The van der Waals surface area contributed by atoms with Gasteiger partial charge in [-0.25, -0.2) is 14.4 Å². The van der Waals surface area contributed by atoms with Crippen molar-refractivity contribution in [1.29, 1.82) is 0 Å². The SMILES string of the molecule is CCCCOC[C@H]1CC2CSC(N)=NC2(c2cc(-c3cccnc3F)ccc2F)CO1. The fraction of sp³-hybridized carbons (Fsp3) is 0.478. The van der Waals surface area contributed by atoms with E-state index < -0.39 is 17.3 Å². The quantitative estimate of drug-likeness (QED) is 0.500. The number of fused-ring (bicyclic) bond motifs is 1. The Morgan fingerprint density at radius 1 is 1.32 bits per heavy atom. The molecule has 166 valence electrons. The number of thioether (sulfide) groups is 1. The lowest BCUT2D eigenvalue weighted by Crippen LogP contribution is -2.51. The predicted octanol–water partition coefficient (Wildman–Crippen LogP) is 4.51. The van der Waals surface area contributed by atoms with Gasteiger partial charge in [-0.3, -0.25) is 0 Å². The number of amidine groups is 1. The number of nitrogens with zero attached hydrogens (tertiary/aromatic N) is 2. The fourth-order valence-electron chi connectivity index (χ4n) is 4.25. The molecule has 2 aliphatic rings. The lowest BCUT2D eigenvalue weighted by atomic mass is 9.74. The molecule has 0 saturated carbocycles. The monoisotopic (exact) mass is 447 g/mol. The van der Waals surface area contributed by atoms with E-state index in [-0.39, 0.29) is 18.6 Å². The van der Waals surface area contributed by atoms with Crippen molar-refractivity contribution in [2.45, 2.75) is 37.8 Å². The molecule has 8 heteroatoms. The van der Waals surface area contributed by atoms with Crippen LogP contribution in [-0.4, -0.2) is 41.8 Å². The highest BCUT2D eigenvalue weighted by Gasteiger charge is 2.49. The van der Waals surface area contributed by atoms with Gasteiger partial charge in [-0.05, 0) is 42.7 Å². The summed E-state index contributed by atoms with van der Waals surface area (Å²) in [7, 11) is 0. The van der Waals surface area contributed by atoms with Crippen molar-refractivity contribution in [3.63, 3.8) is 0 Å².